The van der Waals surface area contributed by atoms with Gasteiger partial charge in [-0.05, 0) is 29.3 Å². The molecular weight excluding hydrogens is 307 g/mol. The van der Waals surface area contributed by atoms with Crippen molar-refractivity contribution in [2.24, 2.45) is 7.05 Å². The van der Waals surface area contributed by atoms with Crippen LogP contribution in [-0.4, -0.2) is 26.9 Å². The molecule has 1 aromatic carbocycles. The lowest BCUT2D eigenvalue weighted by Crippen LogP contribution is -1.96. The highest BCUT2D eigenvalue weighted by Crippen LogP contribution is 2.33. The molecule has 3 aromatic rings. The van der Waals surface area contributed by atoms with E-state index < -0.39 is 0 Å². The minimum atomic E-state index is -0.353. The quantitative estimate of drug-likeness (QED) is 0.695. The van der Waals surface area contributed by atoms with Gasteiger partial charge in [0.1, 0.15) is 17.3 Å². The van der Waals surface area contributed by atoms with E-state index in [1.54, 1.807) is 36.1 Å². The van der Waals surface area contributed by atoms with Crippen molar-refractivity contribution in [1.82, 2.24) is 19.7 Å². The van der Waals surface area contributed by atoms with Crippen molar-refractivity contribution in [3.05, 3.63) is 47.6 Å². The van der Waals surface area contributed by atoms with Gasteiger partial charge in [-0.2, -0.15) is 0 Å². The van der Waals surface area contributed by atoms with Crippen LogP contribution < -0.4 is 4.74 Å². The number of aryl methyl sites for hydroxylation is 1. The normalized spacial score (nSPS) is 10.7. The summed E-state index contributed by atoms with van der Waals surface area (Å²) in [5.41, 5.74) is 2.14. The number of ether oxygens (including phenoxy) is 1. The van der Waals surface area contributed by atoms with Crippen molar-refractivity contribution in [3.63, 3.8) is 0 Å². The first-order valence-electron chi connectivity index (χ1n) is 6.44. The van der Waals surface area contributed by atoms with Crippen molar-refractivity contribution < 1.29 is 9.13 Å². The average molecular weight is 319 g/mol. The molecule has 0 aliphatic rings. The Morgan fingerprint density at radius 2 is 2.00 bits per heavy atom. The molecule has 0 aliphatic carbocycles. The van der Waals surface area contributed by atoms with Crippen molar-refractivity contribution >= 4 is 11.6 Å². The van der Waals surface area contributed by atoms with Crippen LogP contribution in [0.25, 0.3) is 22.5 Å². The second kappa shape index (κ2) is 5.73. The summed E-state index contributed by atoms with van der Waals surface area (Å²) in [6.07, 6.45) is 1.56. The summed E-state index contributed by atoms with van der Waals surface area (Å²) in [5.74, 6) is 0.589. The first kappa shape index (κ1) is 14.5. The third-order valence-electron chi connectivity index (χ3n) is 3.22. The Kier molecular flexibility index (Phi) is 3.77. The largest absolute Gasteiger partial charge is 0.481 e. The van der Waals surface area contributed by atoms with Gasteiger partial charge in [-0.1, -0.05) is 17.7 Å². The molecule has 2 heterocycles. The maximum atomic E-state index is 13.7. The number of halogens is 2. The third-order valence-corrected chi connectivity index (χ3v) is 3.42. The number of benzene rings is 1. The van der Waals surface area contributed by atoms with Gasteiger partial charge in [-0.3, -0.25) is 0 Å². The Hall–Kier alpha value is -2.47. The second-order valence-corrected chi connectivity index (χ2v) is 5.06. The average Bonchev–Trinajstić information content (AvgIpc) is 2.92. The zero-order valence-electron chi connectivity index (χ0n) is 11.9. The molecule has 0 spiro atoms. The Labute approximate surface area is 131 Å². The van der Waals surface area contributed by atoms with Crippen LogP contribution in [0.2, 0.25) is 5.15 Å². The second-order valence-electron chi connectivity index (χ2n) is 4.68. The van der Waals surface area contributed by atoms with E-state index in [2.05, 4.69) is 15.2 Å². The minimum absolute atomic E-state index is 0.294. The van der Waals surface area contributed by atoms with Gasteiger partial charge in [0.25, 0.3) is 0 Å². The molecule has 0 atom stereocenters. The Balaban J connectivity index is 2.24. The summed E-state index contributed by atoms with van der Waals surface area (Å²) in [6.45, 7) is 0. The number of methoxy groups -OCH3 is 1. The molecule has 0 unspecified atom stereocenters. The van der Waals surface area contributed by atoms with E-state index in [0.717, 1.165) is 11.1 Å². The van der Waals surface area contributed by atoms with Crippen LogP contribution in [0.3, 0.4) is 0 Å². The predicted molar refractivity (Wildman–Crippen MR) is 81.2 cm³/mol. The van der Waals surface area contributed by atoms with E-state index in [-0.39, 0.29) is 5.82 Å². The highest BCUT2D eigenvalue weighted by Gasteiger charge is 2.15. The molecule has 0 N–H and O–H groups in total. The number of hydrogen-bond acceptors (Lipinski definition) is 4. The van der Waals surface area contributed by atoms with E-state index in [1.165, 1.54) is 19.2 Å². The van der Waals surface area contributed by atoms with Gasteiger partial charge in [-0.15, -0.1) is 10.2 Å². The van der Waals surface area contributed by atoms with E-state index in [0.29, 0.717) is 22.4 Å². The van der Waals surface area contributed by atoms with Crippen molar-refractivity contribution in [1.29, 1.82) is 0 Å². The maximum absolute atomic E-state index is 13.7. The summed E-state index contributed by atoms with van der Waals surface area (Å²) < 4.78 is 20.5. The zero-order chi connectivity index (χ0) is 15.7. The fraction of sp³-hybridized carbons (Fsp3) is 0.133. The van der Waals surface area contributed by atoms with Gasteiger partial charge in [0.05, 0.1) is 7.11 Å². The van der Waals surface area contributed by atoms with Gasteiger partial charge < -0.3 is 9.30 Å². The molecule has 3 rings (SSSR count). The van der Waals surface area contributed by atoms with Gasteiger partial charge in [0.15, 0.2) is 5.82 Å². The molecule has 7 heteroatoms. The van der Waals surface area contributed by atoms with Crippen LogP contribution in [0.5, 0.6) is 5.88 Å². The highest BCUT2D eigenvalue weighted by molar-refractivity contribution is 6.29. The molecule has 112 valence electrons. The first-order chi connectivity index (χ1) is 10.6. The molecular formula is C15H12ClFN4O. The van der Waals surface area contributed by atoms with Gasteiger partial charge >= 0.3 is 0 Å². The standard InChI is InChI=1S/C15H12ClFN4O/c1-21-8-18-20-15(21)12-7-10(17)3-4-11(12)9-5-13(16)19-14(6-9)22-2/h3-8H,1-2H3. The highest BCUT2D eigenvalue weighted by atomic mass is 35.5. The van der Waals surface area contributed by atoms with Crippen molar-refractivity contribution in [2.75, 3.05) is 7.11 Å². The molecule has 5 nitrogen and oxygen atoms in total. The van der Waals surface area contributed by atoms with Crippen LogP contribution >= 0.6 is 11.6 Å². The molecule has 0 amide bonds. The van der Waals surface area contributed by atoms with Crippen molar-refractivity contribution in [3.8, 4) is 28.4 Å². The molecule has 0 radical (unpaired) electrons. The van der Waals surface area contributed by atoms with Crippen LogP contribution in [-0.2, 0) is 7.05 Å². The molecule has 0 bridgehead atoms. The lowest BCUT2D eigenvalue weighted by molar-refractivity contribution is 0.398. The first-order valence-corrected chi connectivity index (χ1v) is 6.82. The molecule has 22 heavy (non-hydrogen) atoms. The third kappa shape index (κ3) is 2.65. The van der Waals surface area contributed by atoms with Crippen LogP contribution in [0, 0.1) is 5.82 Å². The smallest absolute Gasteiger partial charge is 0.214 e. The number of aromatic nitrogens is 4. The summed E-state index contributed by atoms with van der Waals surface area (Å²) >= 11 is 6.02. The Morgan fingerprint density at radius 3 is 2.68 bits per heavy atom. The van der Waals surface area contributed by atoms with E-state index >= 15 is 0 Å². The van der Waals surface area contributed by atoms with Gasteiger partial charge in [0.2, 0.25) is 5.88 Å². The fourth-order valence-corrected chi connectivity index (χ4v) is 2.41. The van der Waals surface area contributed by atoms with Crippen molar-refractivity contribution in [2.45, 2.75) is 0 Å². The molecule has 2 aromatic heterocycles. The lowest BCUT2D eigenvalue weighted by Gasteiger charge is -2.11. The van der Waals surface area contributed by atoms with E-state index in [1.807, 2.05) is 0 Å². The summed E-state index contributed by atoms with van der Waals surface area (Å²) in [6, 6.07) is 7.90. The molecule has 0 saturated heterocycles. The number of nitrogens with zero attached hydrogens (tertiary/aromatic N) is 4. The predicted octanol–water partition coefficient (Wildman–Crippen LogP) is 3.35. The fourth-order valence-electron chi connectivity index (χ4n) is 2.21. The van der Waals surface area contributed by atoms with Gasteiger partial charge in [0, 0.05) is 18.7 Å². The maximum Gasteiger partial charge on any atom is 0.214 e. The van der Waals surface area contributed by atoms with Crippen LogP contribution in [0.1, 0.15) is 0 Å². The van der Waals surface area contributed by atoms with Crippen LogP contribution in [0.15, 0.2) is 36.7 Å². The van der Waals surface area contributed by atoms with Crippen LogP contribution in [0.4, 0.5) is 4.39 Å². The summed E-state index contributed by atoms with van der Waals surface area (Å²) in [4.78, 5) is 4.04. The molecule has 0 saturated carbocycles. The topological polar surface area (TPSA) is 52.8 Å². The number of pyridine rings is 1. The Bertz CT molecular complexity index is 834. The monoisotopic (exact) mass is 318 g/mol. The zero-order valence-corrected chi connectivity index (χ0v) is 12.7. The minimum Gasteiger partial charge on any atom is -0.481 e. The number of rotatable bonds is 3. The Morgan fingerprint density at radius 1 is 1.18 bits per heavy atom. The van der Waals surface area contributed by atoms with E-state index in [4.69, 9.17) is 16.3 Å². The summed E-state index contributed by atoms with van der Waals surface area (Å²) in [7, 11) is 3.31. The van der Waals surface area contributed by atoms with Gasteiger partial charge in [-0.25, -0.2) is 9.37 Å². The van der Waals surface area contributed by atoms with E-state index in [9.17, 15) is 4.39 Å². The molecule has 0 aliphatic heterocycles. The summed E-state index contributed by atoms with van der Waals surface area (Å²) in [5, 5.41) is 8.18. The lowest BCUT2D eigenvalue weighted by atomic mass is 10.00. The SMILES string of the molecule is COc1cc(-c2ccc(F)cc2-c2nncn2C)cc(Cl)n1. The number of hydrogen-bond donors (Lipinski definition) is 0. The molecule has 0 fully saturated rings.